The van der Waals surface area contributed by atoms with E-state index in [1.165, 1.54) is 19.5 Å². The molecule has 1 aliphatic rings. The van der Waals surface area contributed by atoms with E-state index in [2.05, 4.69) is 11.7 Å². The Bertz CT molecular complexity index is 868. The molecule has 1 aromatic carbocycles. The van der Waals surface area contributed by atoms with Crippen LogP contribution in [-0.2, 0) is 0 Å². The lowest BCUT2D eigenvalue weighted by molar-refractivity contribution is 0.0688. The molecule has 0 bridgehead atoms. The van der Waals surface area contributed by atoms with Crippen molar-refractivity contribution in [3.05, 3.63) is 54.4 Å². The molecule has 0 spiro atoms. The van der Waals surface area contributed by atoms with Crippen LogP contribution in [0.15, 0.2) is 43.2 Å². The van der Waals surface area contributed by atoms with Crippen molar-refractivity contribution in [3.63, 3.8) is 0 Å². The fourth-order valence-electron chi connectivity index (χ4n) is 3.23. The van der Waals surface area contributed by atoms with Gasteiger partial charge in [0.1, 0.15) is 6.61 Å². The normalized spacial score (nSPS) is 14.5. The Morgan fingerprint density at radius 1 is 1.29 bits per heavy atom. The van der Waals surface area contributed by atoms with E-state index < -0.39 is 5.97 Å². The monoisotopic (exact) mass is 385 g/mol. The first-order valence-corrected chi connectivity index (χ1v) is 9.02. The van der Waals surface area contributed by atoms with Gasteiger partial charge in [-0.2, -0.15) is 5.10 Å². The number of carboxylic acids is 1. The molecular weight excluding hydrogens is 362 g/mol. The summed E-state index contributed by atoms with van der Waals surface area (Å²) in [7, 11) is 1.53. The van der Waals surface area contributed by atoms with Gasteiger partial charge in [0, 0.05) is 24.8 Å². The molecule has 1 saturated heterocycles. The fraction of sp³-hybridized carbons (Fsp3) is 0.350. The quantitative estimate of drug-likeness (QED) is 0.737. The molecule has 0 atom stereocenters. The Hall–Kier alpha value is -3.29. The highest BCUT2D eigenvalue weighted by atomic mass is 16.5. The largest absolute Gasteiger partial charge is 0.493 e. The van der Waals surface area contributed by atoms with E-state index in [1.807, 2.05) is 0 Å². The van der Waals surface area contributed by atoms with E-state index >= 15 is 0 Å². The van der Waals surface area contributed by atoms with Crippen LogP contribution in [0.2, 0.25) is 0 Å². The molecule has 1 N–H and O–H groups in total. The second-order valence-electron chi connectivity index (χ2n) is 6.50. The third-order valence-electron chi connectivity index (χ3n) is 4.74. The van der Waals surface area contributed by atoms with Gasteiger partial charge in [0.2, 0.25) is 0 Å². The van der Waals surface area contributed by atoms with Crippen LogP contribution in [0.4, 0.5) is 0 Å². The number of carbonyl (C=O) groups excluding carboxylic acids is 1. The van der Waals surface area contributed by atoms with E-state index in [9.17, 15) is 9.59 Å². The van der Waals surface area contributed by atoms with Gasteiger partial charge < -0.3 is 19.5 Å². The molecule has 0 unspecified atom stereocenters. The van der Waals surface area contributed by atoms with Gasteiger partial charge in [-0.05, 0) is 31.0 Å². The van der Waals surface area contributed by atoms with Gasteiger partial charge in [-0.1, -0.05) is 12.7 Å². The highest BCUT2D eigenvalue weighted by Crippen LogP contribution is 2.30. The molecule has 2 aromatic rings. The summed E-state index contributed by atoms with van der Waals surface area (Å²) in [6.07, 6.45) is 5.95. The van der Waals surface area contributed by atoms with Gasteiger partial charge in [-0.3, -0.25) is 9.48 Å². The molecule has 2 heterocycles. The van der Waals surface area contributed by atoms with Gasteiger partial charge in [-0.25, -0.2) is 4.79 Å². The van der Waals surface area contributed by atoms with Crippen LogP contribution in [-0.4, -0.2) is 58.5 Å². The zero-order valence-electron chi connectivity index (χ0n) is 15.7. The van der Waals surface area contributed by atoms with E-state index in [0.717, 1.165) is 0 Å². The Labute approximate surface area is 163 Å². The maximum atomic E-state index is 12.8. The van der Waals surface area contributed by atoms with Crippen LogP contribution >= 0.6 is 0 Å². The van der Waals surface area contributed by atoms with Crippen molar-refractivity contribution in [1.29, 1.82) is 0 Å². The molecule has 148 valence electrons. The van der Waals surface area contributed by atoms with Crippen molar-refractivity contribution in [3.8, 4) is 11.5 Å². The van der Waals surface area contributed by atoms with Crippen molar-refractivity contribution in [2.24, 2.45) is 0 Å². The molecule has 8 nitrogen and oxygen atoms in total. The number of aromatic carboxylic acids is 1. The standard InChI is InChI=1S/C20H23N3O5/c1-3-10-28-17-5-4-14(11-18(17)27-2)19(24)22-8-6-16(7-9-22)23-13-15(12-21-23)20(25)26/h3-5,11-13,16H,1,6-10H2,2H3,(H,25,26). The van der Waals surface area contributed by atoms with E-state index in [-0.39, 0.29) is 17.5 Å². The zero-order chi connectivity index (χ0) is 20.1. The number of rotatable bonds is 7. The SMILES string of the molecule is C=CCOc1ccc(C(=O)N2CCC(n3cc(C(=O)O)cn3)CC2)cc1OC. The highest BCUT2D eigenvalue weighted by Gasteiger charge is 2.26. The topological polar surface area (TPSA) is 93.9 Å². The molecule has 1 fully saturated rings. The maximum Gasteiger partial charge on any atom is 0.338 e. The molecule has 1 aromatic heterocycles. The number of aromatic nitrogens is 2. The van der Waals surface area contributed by atoms with Crippen LogP contribution in [0.1, 0.15) is 39.6 Å². The van der Waals surface area contributed by atoms with Crippen LogP contribution in [0.5, 0.6) is 11.5 Å². The first kappa shape index (κ1) is 19.5. The van der Waals surface area contributed by atoms with Crippen molar-refractivity contribution in [1.82, 2.24) is 14.7 Å². The van der Waals surface area contributed by atoms with E-state index in [1.54, 1.807) is 33.9 Å². The second kappa shape index (κ2) is 8.60. The summed E-state index contributed by atoms with van der Waals surface area (Å²) < 4.78 is 12.5. The van der Waals surface area contributed by atoms with Gasteiger partial charge in [-0.15, -0.1) is 0 Å². The third-order valence-corrected chi connectivity index (χ3v) is 4.74. The molecule has 3 rings (SSSR count). The van der Waals surface area contributed by atoms with Crippen molar-refractivity contribution in [2.45, 2.75) is 18.9 Å². The Balaban J connectivity index is 1.64. The minimum Gasteiger partial charge on any atom is -0.493 e. The molecule has 1 amide bonds. The van der Waals surface area contributed by atoms with Crippen molar-refractivity contribution < 1.29 is 24.2 Å². The van der Waals surface area contributed by atoms with Crippen molar-refractivity contribution >= 4 is 11.9 Å². The number of amides is 1. The minimum absolute atomic E-state index is 0.0706. The van der Waals surface area contributed by atoms with E-state index in [4.69, 9.17) is 14.6 Å². The molecule has 8 heteroatoms. The smallest absolute Gasteiger partial charge is 0.338 e. The number of hydrogen-bond acceptors (Lipinski definition) is 5. The maximum absolute atomic E-state index is 12.8. The Kier molecular flexibility index (Phi) is 5.98. The van der Waals surface area contributed by atoms with Gasteiger partial charge >= 0.3 is 5.97 Å². The van der Waals surface area contributed by atoms with Crippen LogP contribution in [0.25, 0.3) is 0 Å². The molecule has 1 aliphatic heterocycles. The number of benzene rings is 1. The van der Waals surface area contributed by atoms with Crippen LogP contribution in [0.3, 0.4) is 0 Å². The lowest BCUT2D eigenvalue weighted by Gasteiger charge is -2.32. The first-order chi connectivity index (χ1) is 13.5. The number of carbonyl (C=O) groups is 2. The average Bonchev–Trinajstić information content (AvgIpc) is 3.22. The van der Waals surface area contributed by atoms with E-state index in [0.29, 0.717) is 49.6 Å². The lowest BCUT2D eigenvalue weighted by atomic mass is 10.0. The second-order valence-corrected chi connectivity index (χ2v) is 6.50. The lowest BCUT2D eigenvalue weighted by Crippen LogP contribution is -2.39. The van der Waals surface area contributed by atoms with Crippen LogP contribution in [0, 0.1) is 0 Å². The Morgan fingerprint density at radius 3 is 2.64 bits per heavy atom. The summed E-state index contributed by atoms with van der Waals surface area (Å²) in [4.78, 5) is 25.6. The summed E-state index contributed by atoms with van der Waals surface area (Å²) in [5.74, 6) is -0.00191. The zero-order valence-corrected chi connectivity index (χ0v) is 15.7. The number of carboxylic acid groups (broad SMARTS) is 1. The predicted octanol–water partition coefficient (Wildman–Crippen LogP) is 2.63. The number of ether oxygens (including phenoxy) is 2. The minimum atomic E-state index is -0.992. The third kappa shape index (κ3) is 4.16. The predicted molar refractivity (Wildman–Crippen MR) is 102 cm³/mol. The van der Waals surface area contributed by atoms with Gasteiger partial charge in [0.05, 0.1) is 24.9 Å². The molecule has 0 radical (unpaired) electrons. The summed E-state index contributed by atoms with van der Waals surface area (Å²) in [5, 5.41) is 13.2. The van der Waals surface area contributed by atoms with Crippen LogP contribution < -0.4 is 9.47 Å². The summed E-state index contributed by atoms with van der Waals surface area (Å²) in [6.45, 7) is 5.11. The first-order valence-electron chi connectivity index (χ1n) is 9.02. The number of piperidine rings is 1. The van der Waals surface area contributed by atoms with Gasteiger partial charge in [0.25, 0.3) is 5.91 Å². The van der Waals surface area contributed by atoms with Gasteiger partial charge in [0.15, 0.2) is 11.5 Å². The molecule has 0 aliphatic carbocycles. The molecule has 28 heavy (non-hydrogen) atoms. The average molecular weight is 385 g/mol. The molecular formula is C20H23N3O5. The number of hydrogen-bond donors (Lipinski definition) is 1. The Morgan fingerprint density at radius 2 is 2.04 bits per heavy atom. The highest BCUT2D eigenvalue weighted by molar-refractivity contribution is 5.95. The van der Waals surface area contributed by atoms with Crippen molar-refractivity contribution in [2.75, 3.05) is 26.8 Å². The fourth-order valence-corrected chi connectivity index (χ4v) is 3.23. The number of likely N-dealkylation sites (tertiary alicyclic amines) is 1. The molecule has 0 saturated carbocycles. The number of methoxy groups -OCH3 is 1. The summed E-state index contributed by atoms with van der Waals surface area (Å²) in [6, 6.07) is 5.21. The summed E-state index contributed by atoms with van der Waals surface area (Å²) >= 11 is 0. The summed E-state index contributed by atoms with van der Waals surface area (Å²) in [5.41, 5.74) is 0.706. The number of nitrogens with zero attached hydrogens (tertiary/aromatic N) is 3.